The molecule has 1 heterocycles. The summed E-state index contributed by atoms with van der Waals surface area (Å²) in [6.45, 7) is 0. The number of aromatic nitrogens is 1. The van der Waals surface area contributed by atoms with E-state index < -0.39 is 10.0 Å². The van der Waals surface area contributed by atoms with Crippen LogP contribution in [0.5, 0.6) is 0 Å². The molecule has 19 heavy (non-hydrogen) atoms. The Balaban J connectivity index is 2.48. The average molecular weight is 406 g/mol. The van der Waals surface area contributed by atoms with E-state index in [9.17, 15) is 8.42 Å². The van der Waals surface area contributed by atoms with Gasteiger partial charge in [0.25, 0.3) is 10.0 Å². The standard InChI is InChI=1S/C12H10Br2N2O2S/c1-16(10-4-6-15-7-5-10)19(17,18)12-3-2-9(13)8-11(12)14/h2-8H,1H3. The van der Waals surface area contributed by atoms with E-state index in [2.05, 4.69) is 36.8 Å². The first-order valence-electron chi connectivity index (χ1n) is 5.27. The van der Waals surface area contributed by atoms with Crippen LogP contribution in [0, 0.1) is 0 Å². The second-order valence-electron chi connectivity index (χ2n) is 3.75. The minimum absolute atomic E-state index is 0.218. The zero-order valence-corrected chi connectivity index (χ0v) is 13.9. The molecule has 4 nitrogen and oxygen atoms in total. The van der Waals surface area contributed by atoms with Gasteiger partial charge in [-0.15, -0.1) is 0 Å². The van der Waals surface area contributed by atoms with Crippen molar-refractivity contribution in [2.24, 2.45) is 0 Å². The molecule has 0 aliphatic carbocycles. The molecule has 2 rings (SSSR count). The van der Waals surface area contributed by atoms with Crippen molar-refractivity contribution in [2.45, 2.75) is 4.90 Å². The number of sulfonamides is 1. The highest BCUT2D eigenvalue weighted by molar-refractivity contribution is 9.11. The fourth-order valence-corrected chi connectivity index (χ4v) is 4.43. The van der Waals surface area contributed by atoms with Gasteiger partial charge in [0.2, 0.25) is 0 Å². The molecule has 0 atom stereocenters. The van der Waals surface area contributed by atoms with E-state index in [1.54, 1.807) is 42.7 Å². The maximum atomic E-state index is 12.5. The maximum Gasteiger partial charge on any atom is 0.265 e. The monoisotopic (exact) mass is 404 g/mol. The first-order chi connectivity index (χ1) is 8.93. The van der Waals surface area contributed by atoms with Gasteiger partial charge in [0.1, 0.15) is 4.90 Å². The molecule has 0 N–H and O–H groups in total. The van der Waals surface area contributed by atoms with Crippen LogP contribution in [0.1, 0.15) is 0 Å². The van der Waals surface area contributed by atoms with E-state index in [1.807, 2.05) is 0 Å². The zero-order chi connectivity index (χ0) is 14.0. The molecule has 0 amide bonds. The van der Waals surface area contributed by atoms with Crippen molar-refractivity contribution in [3.63, 3.8) is 0 Å². The number of nitrogens with zero attached hydrogens (tertiary/aromatic N) is 2. The van der Waals surface area contributed by atoms with Crippen molar-refractivity contribution in [3.05, 3.63) is 51.7 Å². The molecular formula is C12H10Br2N2O2S. The lowest BCUT2D eigenvalue weighted by molar-refractivity contribution is 0.594. The molecule has 1 aromatic heterocycles. The molecule has 100 valence electrons. The summed E-state index contributed by atoms with van der Waals surface area (Å²) >= 11 is 6.57. The van der Waals surface area contributed by atoms with Crippen molar-refractivity contribution >= 4 is 47.6 Å². The van der Waals surface area contributed by atoms with E-state index in [0.717, 1.165) is 4.47 Å². The summed E-state index contributed by atoms with van der Waals surface area (Å²) in [6, 6.07) is 8.24. The summed E-state index contributed by atoms with van der Waals surface area (Å²) in [4.78, 5) is 4.09. The van der Waals surface area contributed by atoms with Crippen LogP contribution in [-0.2, 0) is 10.0 Å². The summed E-state index contributed by atoms with van der Waals surface area (Å²) < 4.78 is 27.6. The van der Waals surface area contributed by atoms with Crippen molar-refractivity contribution in [1.82, 2.24) is 4.98 Å². The summed E-state index contributed by atoms with van der Waals surface area (Å²) in [6.07, 6.45) is 3.11. The highest BCUT2D eigenvalue weighted by atomic mass is 79.9. The number of benzene rings is 1. The summed E-state index contributed by atoms with van der Waals surface area (Å²) in [7, 11) is -2.09. The van der Waals surface area contributed by atoms with Gasteiger partial charge in [-0.25, -0.2) is 8.42 Å². The van der Waals surface area contributed by atoms with Gasteiger partial charge in [-0.05, 0) is 46.3 Å². The Morgan fingerprint density at radius 3 is 2.32 bits per heavy atom. The lowest BCUT2D eigenvalue weighted by Crippen LogP contribution is -2.26. The molecule has 0 fully saturated rings. The molecule has 0 aliphatic heterocycles. The minimum atomic E-state index is -3.60. The Bertz CT molecular complexity index is 690. The third kappa shape index (κ3) is 2.98. The molecule has 0 radical (unpaired) electrons. The molecule has 0 saturated carbocycles. The maximum absolute atomic E-state index is 12.5. The van der Waals surface area contributed by atoms with Crippen LogP contribution in [-0.4, -0.2) is 20.4 Å². The van der Waals surface area contributed by atoms with Gasteiger partial charge < -0.3 is 0 Å². The highest BCUT2D eigenvalue weighted by Gasteiger charge is 2.23. The lowest BCUT2D eigenvalue weighted by Gasteiger charge is -2.20. The fourth-order valence-electron chi connectivity index (χ4n) is 1.52. The number of rotatable bonds is 3. The van der Waals surface area contributed by atoms with Crippen LogP contribution < -0.4 is 4.31 Å². The summed E-state index contributed by atoms with van der Waals surface area (Å²) in [5, 5.41) is 0. The number of halogens is 2. The Kier molecular flexibility index (Phi) is 4.27. The fraction of sp³-hybridized carbons (Fsp3) is 0.0833. The Morgan fingerprint density at radius 1 is 1.11 bits per heavy atom. The first-order valence-corrected chi connectivity index (χ1v) is 8.29. The molecule has 2 aromatic rings. The van der Waals surface area contributed by atoms with Gasteiger partial charge in [0, 0.05) is 28.4 Å². The van der Waals surface area contributed by atoms with E-state index in [0.29, 0.717) is 10.2 Å². The largest absolute Gasteiger partial charge is 0.269 e. The van der Waals surface area contributed by atoms with Crippen LogP contribution >= 0.6 is 31.9 Å². The molecule has 1 aromatic carbocycles. The number of hydrogen-bond acceptors (Lipinski definition) is 3. The molecule has 0 bridgehead atoms. The summed E-state index contributed by atoms with van der Waals surface area (Å²) in [5.74, 6) is 0. The molecule has 7 heteroatoms. The SMILES string of the molecule is CN(c1ccncc1)S(=O)(=O)c1ccc(Br)cc1Br. The molecule has 0 saturated heterocycles. The second kappa shape index (κ2) is 5.60. The zero-order valence-electron chi connectivity index (χ0n) is 9.92. The van der Waals surface area contributed by atoms with Gasteiger partial charge in [-0.3, -0.25) is 9.29 Å². The van der Waals surface area contributed by atoms with Crippen molar-refractivity contribution < 1.29 is 8.42 Å². The topological polar surface area (TPSA) is 50.3 Å². The number of anilines is 1. The van der Waals surface area contributed by atoms with Gasteiger partial charge in [0.15, 0.2) is 0 Å². The van der Waals surface area contributed by atoms with E-state index in [1.165, 1.54) is 11.4 Å². The highest BCUT2D eigenvalue weighted by Crippen LogP contribution is 2.29. The van der Waals surface area contributed by atoms with Gasteiger partial charge in [-0.1, -0.05) is 15.9 Å². The van der Waals surface area contributed by atoms with E-state index in [-0.39, 0.29) is 4.90 Å². The molecule has 0 spiro atoms. The lowest BCUT2D eigenvalue weighted by atomic mass is 10.4. The van der Waals surface area contributed by atoms with Crippen LogP contribution in [0.25, 0.3) is 0 Å². The summed E-state index contributed by atoms with van der Waals surface area (Å²) in [5.41, 5.74) is 0.560. The van der Waals surface area contributed by atoms with Gasteiger partial charge in [0.05, 0.1) is 5.69 Å². The van der Waals surface area contributed by atoms with Crippen LogP contribution in [0.3, 0.4) is 0 Å². The molecule has 0 unspecified atom stereocenters. The predicted octanol–water partition coefficient (Wildman–Crippen LogP) is 3.43. The molecular weight excluding hydrogens is 396 g/mol. The van der Waals surface area contributed by atoms with Gasteiger partial charge in [-0.2, -0.15) is 0 Å². The third-order valence-corrected chi connectivity index (χ3v) is 5.81. The van der Waals surface area contributed by atoms with Crippen molar-refractivity contribution in [1.29, 1.82) is 0 Å². The van der Waals surface area contributed by atoms with E-state index >= 15 is 0 Å². The normalized spacial score (nSPS) is 11.3. The number of hydrogen-bond donors (Lipinski definition) is 0. The molecule has 0 aliphatic rings. The number of pyridine rings is 1. The minimum Gasteiger partial charge on any atom is -0.269 e. The second-order valence-corrected chi connectivity index (χ2v) is 7.46. The van der Waals surface area contributed by atoms with Crippen LogP contribution in [0.4, 0.5) is 5.69 Å². The smallest absolute Gasteiger partial charge is 0.265 e. The average Bonchev–Trinajstić information content (AvgIpc) is 2.38. The third-order valence-electron chi connectivity index (χ3n) is 2.56. The Hall–Kier alpha value is -0.920. The van der Waals surface area contributed by atoms with Crippen LogP contribution in [0.2, 0.25) is 0 Å². The van der Waals surface area contributed by atoms with Crippen molar-refractivity contribution in [3.8, 4) is 0 Å². The van der Waals surface area contributed by atoms with Crippen molar-refractivity contribution in [2.75, 3.05) is 11.4 Å². The quantitative estimate of drug-likeness (QED) is 0.785. The van der Waals surface area contributed by atoms with Crippen LogP contribution in [0.15, 0.2) is 56.6 Å². The first kappa shape index (κ1) is 14.5. The Labute approximate surface area is 128 Å². The van der Waals surface area contributed by atoms with E-state index in [4.69, 9.17) is 0 Å². The van der Waals surface area contributed by atoms with Gasteiger partial charge >= 0.3 is 0 Å². The predicted molar refractivity (Wildman–Crippen MR) is 81.7 cm³/mol. The Morgan fingerprint density at radius 2 is 1.74 bits per heavy atom.